The van der Waals surface area contributed by atoms with Crippen LogP contribution in [0.15, 0.2) is 67.0 Å². The molecule has 0 saturated heterocycles. The van der Waals surface area contributed by atoms with Crippen LogP contribution in [0.2, 0.25) is 0 Å². The van der Waals surface area contributed by atoms with Crippen molar-refractivity contribution >= 4 is 24.3 Å². The number of nitrogens with zero attached hydrogens (tertiary/aromatic N) is 4. The molecule has 0 aliphatic rings. The van der Waals surface area contributed by atoms with E-state index in [0.29, 0.717) is 5.69 Å². The molecular weight excluding hydrogens is 410 g/mol. The minimum atomic E-state index is 0.393. The van der Waals surface area contributed by atoms with E-state index in [1.807, 2.05) is 60.8 Å². The maximum absolute atomic E-state index is 9.15. The second kappa shape index (κ2) is 10.7. The molecule has 162 valence electrons. The highest BCUT2D eigenvalue weighted by atomic mass is 16.5. The molecule has 0 atom stereocenters. The van der Waals surface area contributed by atoms with Gasteiger partial charge in [-0.2, -0.15) is 10.4 Å². The van der Waals surface area contributed by atoms with Gasteiger partial charge in [0.05, 0.1) is 18.5 Å². The lowest BCUT2D eigenvalue weighted by Gasteiger charge is -2.08. The Bertz CT molecular complexity index is 1320. The first-order valence-corrected chi connectivity index (χ1v) is 10.6. The van der Waals surface area contributed by atoms with Gasteiger partial charge in [0.15, 0.2) is 0 Å². The van der Waals surface area contributed by atoms with Crippen LogP contribution < -0.4 is 4.74 Å². The molecule has 6 heteroatoms. The molecule has 0 unspecified atom stereocenters. The topological polar surface area (TPSA) is 87.5 Å². The first-order chi connectivity index (χ1) is 16.2. The predicted octanol–water partition coefficient (Wildman–Crippen LogP) is 5.21. The normalized spacial score (nSPS) is 11.2. The molecule has 0 saturated carbocycles. The van der Waals surface area contributed by atoms with Gasteiger partial charge in [-0.3, -0.25) is 10.1 Å². The van der Waals surface area contributed by atoms with Crippen LogP contribution in [0, 0.1) is 11.3 Å². The maximum atomic E-state index is 9.15. The molecule has 0 spiro atoms. The lowest BCUT2D eigenvalue weighted by Crippen LogP contribution is -1.95. The molecule has 4 aromatic rings. The zero-order chi connectivity index (χ0) is 22.9. The molecule has 1 aromatic carbocycles. The summed E-state index contributed by atoms with van der Waals surface area (Å²) in [7, 11) is 1.68. The van der Waals surface area contributed by atoms with Crippen LogP contribution in [0.5, 0.6) is 5.75 Å². The number of benzene rings is 1. The number of aromatic nitrogens is 4. The summed E-state index contributed by atoms with van der Waals surface area (Å²) in [6.07, 6.45) is 12.9. The van der Waals surface area contributed by atoms with Crippen LogP contribution in [0.1, 0.15) is 39.5 Å². The summed E-state index contributed by atoms with van der Waals surface area (Å²) in [5.41, 5.74) is 6.05. The molecule has 1 N–H and O–H groups in total. The zero-order valence-electron chi connectivity index (χ0n) is 18.3. The second-order valence-electron chi connectivity index (χ2n) is 7.37. The average molecular weight is 434 g/mol. The minimum absolute atomic E-state index is 0.393. The van der Waals surface area contributed by atoms with Gasteiger partial charge in [-0.05, 0) is 73.0 Å². The van der Waals surface area contributed by atoms with Crippen LogP contribution in [-0.4, -0.2) is 27.3 Å². The zero-order valence-corrected chi connectivity index (χ0v) is 18.3. The maximum Gasteiger partial charge on any atom is 0.147 e. The number of rotatable bonds is 8. The number of nitriles is 1. The smallest absolute Gasteiger partial charge is 0.147 e. The molecule has 4 rings (SSSR count). The van der Waals surface area contributed by atoms with Crippen molar-refractivity contribution in [3.8, 4) is 11.8 Å². The van der Waals surface area contributed by atoms with Crippen molar-refractivity contribution < 1.29 is 4.74 Å². The number of methoxy groups -OCH3 is 1. The Morgan fingerprint density at radius 2 is 1.79 bits per heavy atom. The Labute approximate surface area is 192 Å². The summed E-state index contributed by atoms with van der Waals surface area (Å²) in [5, 5.41) is 16.5. The number of H-pyrrole nitrogens is 1. The number of nitrogens with one attached hydrogen (secondary N) is 1. The molecule has 33 heavy (non-hydrogen) atoms. The van der Waals surface area contributed by atoms with Crippen molar-refractivity contribution in [1.82, 2.24) is 20.2 Å². The van der Waals surface area contributed by atoms with E-state index in [-0.39, 0.29) is 0 Å². The lowest BCUT2D eigenvalue weighted by atomic mass is 10.0. The molecule has 0 aliphatic carbocycles. The van der Waals surface area contributed by atoms with E-state index in [1.165, 1.54) is 5.56 Å². The summed E-state index contributed by atoms with van der Waals surface area (Å²) in [6.45, 7) is 0. The van der Waals surface area contributed by atoms with Crippen LogP contribution in [0.25, 0.3) is 24.3 Å². The fourth-order valence-electron chi connectivity index (χ4n) is 3.39. The van der Waals surface area contributed by atoms with E-state index in [9.17, 15) is 0 Å². The van der Waals surface area contributed by atoms with Gasteiger partial charge in [0.1, 0.15) is 17.5 Å². The van der Waals surface area contributed by atoms with Crippen LogP contribution >= 0.6 is 0 Å². The number of ether oxygens (including phenoxy) is 1. The standard InChI is InChI=1S/C27H23N5O/c1-33-27-17-20(8-12-23-6-2-3-15-29-23)7-9-22(27)11-14-25-18-24(31-32-25)13-10-21-5-4-16-30-26(21)19-28/h2-7,9-11,13-18H,8,12H2,1H3,(H,31,32)/b13-10+,14-11+. The third-order valence-corrected chi connectivity index (χ3v) is 5.13. The Balaban J connectivity index is 1.43. The van der Waals surface area contributed by atoms with E-state index in [0.717, 1.165) is 46.8 Å². The monoisotopic (exact) mass is 433 g/mol. The average Bonchev–Trinajstić information content (AvgIpc) is 3.33. The number of pyridine rings is 2. The minimum Gasteiger partial charge on any atom is -0.496 e. The second-order valence-corrected chi connectivity index (χ2v) is 7.37. The van der Waals surface area contributed by atoms with Gasteiger partial charge in [0.2, 0.25) is 0 Å². The molecular formula is C27H23N5O. The van der Waals surface area contributed by atoms with Gasteiger partial charge < -0.3 is 4.74 Å². The summed E-state index contributed by atoms with van der Waals surface area (Å²) >= 11 is 0. The molecule has 3 heterocycles. The summed E-state index contributed by atoms with van der Waals surface area (Å²) in [4.78, 5) is 8.45. The Morgan fingerprint density at radius 1 is 0.909 bits per heavy atom. The highest BCUT2D eigenvalue weighted by molar-refractivity contribution is 5.74. The summed E-state index contributed by atoms with van der Waals surface area (Å²) < 4.78 is 5.60. The molecule has 6 nitrogen and oxygen atoms in total. The number of aryl methyl sites for hydroxylation is 2. The first kappa shape index (κ1) is 21.7. The number of aromatic amines is 1. The van der Waals surface area contributed by atoms with Crippen molar-refractivity contribution in [1.29, 1.82) is 5.26 Å². The highest BCUT2D eigenvalue weighted by Gasteiger charge is 2.04. The van der Waals surface area contributed by atoms with Crippen molar-refractivity contribution in [2.75, 3.05) is 7.11 Å². The third kappa shape index (κ3) is 5.81. The van der Waals surface area contributed by atoms with Crippen molar-refractivity contribution in [2.24, 2.45) is 0 Å². The molecule has 0 radical (unpaired) electrons. The van der Waals surface area contributed by atoms with Crippen LogP contribution in [-0.2, 0) is 12.8 Å². The molecule has 0 bridgehead atoms. The number of hydrogen-bond donors (Lipinski definition) is 1. The fourth-order valence-corrected chi connectivity index (χ4v) is 3.39. The SMILES string of the molecule is COc1cc(CCc2ccccn2)ccc1/C=C/c1cc(/C=C/c2cccnc2C#N)[nH]n1. The van der Waals surface area contributed by atoms with E-state index < -0.39 is 0 Å². The molecule has 0 amide bonds. The van der Waals surface area contributed by atoms with Gasteiger partial charge in [-0.15, -0.1) is 0 Å². The van der Waals surface area contributed by atoms with Gasteiger partial charge in [-0.1, -0.05) is 24.3 Å². The van der Waals surface area contributed by atoms with E-state index in [2.05, 4.69) is 44.4 Å². The van der Waals surface area contributed by atoms with Crippen molar-refractivity contribution in [3.63, 3.8) is 0 Å². The largest absolute Gasteiger partial charge is 0.496 e. The third-order valence-electron chi connectivity index (χ3n) is 5.13. The summed E-state index contributed by atoms with van der Waals surface area (Å²) in [6, 6.07) is 19.9. The Hall–Kier alpha value is -4.50. The van der Waals surface area contributed by atoms with E-state index in [4.69, 9.17) is 10.00 Å². The number of hydrogen-bond acceptors (Lipinski definition) is 5. The van der Waals surface area contributed by atoms with Gasteiger partial charge >= 0.3 is 0 Å². The Kier molecular flexibility index (Phi) is 7.04. The van der Waals surface area contributed by atoms with Crippen molar-refractivity contribution in [3.05, 3.63) is 106 Å². The van der Waals surface area contributed by atoms with E-state index in [1.54, 1.807) is 19.4 Å². The van der Waals surface area contributed by atoms with Gasteiger partial charge in [0, 0.05) is 29.2 Å². The van der Waals surface area contributed by atoms with Crippen LogP contribution in [0.4, 0.5) is 0 Å². The predicted molar refractivity (Wildman–Crippen MR) is 130 cm³/mol. The van der Waals surface area contributed by atoms with Crippen LogP contribution in [0.3, 0.4) is 0 Å². The quantitative estimate of drug-likeness (QED) is 0.412. The molecule has 0 fully saturated rings. The fraction of sp³-hybridized carbons (Fsp3) is 0.111. The van der Waals surface area contributed by atoms with E-state index >= 15 is 0 Å². The first-order valence-electron chi connectivity index (χ1n) is 10.6. The van der Waals surface area contributed by atoms with Gasteiger partial charge in [-0.25, -0.2) is 4.98 Å². The Morgan fingerprint density at radius 3 is 2.61 bits per heavy atom. The summed E-state index contributed by atoms with van der Waals surface area (Å²) in [5.74, 6) is 0.820. The molecule has 0 aliphatic heterocycles. The van der Waals surface area contributed by atoms with Crippen molar-refractivity contribution in [2.45, 2.75) is 12.8 Å². The highest BCUT2D eigenvalue weighted by Crippen LogP contribution is 2.23. The molecule has 3 aromatic heterocycles. The lowest BCUT2D eigenvalue weighted by molar-refractivity contribution is 0.413. The van der Waals surface area contributed by atoms with Gasteiger partial charge in [0.25, 0.3) is 0 Å².